The van der Waals surface area contributed by atoms with Crippen LogP contribution in [0, 0.1) is 6.92 Å². The quantitative estimate of drug-likeness (QED) is 0.762. The summed E-state index contributed by atoms with van der Waals surface area (Å²) in [6.07, 6.45) is 1.68. The second kappa shape index (κ2) is 4.24. The van der Waals surface area contributed by atoms with Gasteiger partial charge in [-0.15, -0.1) is 0 Å². The van der Waals surface area contributed by atoms with E-state index in [1.807, 2.05) is 37.3 Å². The minimum absolute atomic E-state index is 0.214. The number of fused-ring (bicyclic) bond motifs is 1. The molecule has 4 nitrogen and oxygen atoms in total. The van der Waals surface area contributed by atoms with Gasteiger partial charge in [-0.1, -0.05) is 29.8 Å². The van der Waals surface area contributed by atoms with E-state index in [1.54, 1.807) is 22.7 Å². The first kappa shape index (κ1) is 11.5. The van der Waals surface area contributed by atoms with Crippen molar-refractivity contribution in [1.82, 2.24) is 9.38 Å². The summed E-state index contributed by atoms with van der Waals surface area (Å²) in [6, 6.07) is 13.0. The minimum atomic E-state index is -0.961. The average Bonchev–Trinajstić information content (AvgIpc) is 2.82. The molecule has 3 aromatic rings. The Morgan fingerprint density at radius 1 is 1.21 bits per heavy atom. The van der Waals surface area contributed by atoms with E-state index in [-0.39, 0.29) is 5.69 Å². The van der Waals surface area contributed by atoms with E-state index < -0.39 is 5.97 Å². The van der Waals surface area contributed by atoms with Gasteiger partial charge in [0.05, 0.1) is 11.7 Å². The third-order valence-electron chi connectivity index (χ3n) is 3.05. The number of aromatic carboxylic acids is 1. The van der Waals surface area contributed by atoms with Crippen molar-refractivity contribution in [2.24, 2.45) is 0 Å². The topological polar surface area (TPSA) is 54.6 Å². The SMILES string of the molecule is Cc1cccc(-c2ncc3cccc(C(=O)O)n23)c1. The second-order valence-electron chi connectivity index (χ2n) is 4.43. The second-order valence-corrected chi connectivity index (χ2v) is 4.43. The van der Waals surface area contributed by atoms with Crippen LogP contribution < -0.4 is 0 Å². The third-order valence-corrected chi connectivity index (χ3v) is 3.05. The maximum atomic E-state index is 11.3. The predicted molar refractivity (Wildman–Crippen MR) is 72.3 cm³/mol. The van der Waals surface area contributed by atoms with Crippen molar-refractivity contribution < 1.29 is 9.90 Å². The normalized spacial score (nSPS) is 10.8. The summed E-state index contributed by atoms with van der Waals surface area (Å²) in [4.78, 5) is 15.7. The molecule has 0 fully saturated rings. The van der Waals surface area contributed by atoms with Crippen LogP contribution in [-0.4, -0.2) is 20.5 Å². The molecule has 0 aliphatic carbocycles. The van der Waals surface area contributed by atoms with E-state index in [9.17, 15) is 9.90 Å². The van der Waals surface area contributed by atoms with Gasteiger partial charge in [-0.2, -0.15) is 0 Å². The number of rotatable bonds is 2. The molecule has 94 valence electrons. The first-order valence-electron chi connectivity index (χ1n) is 5.93. The smallest absolute Gasteiger partial charge is 0.352 e. The molecule has 0 saturated carbocycles. The molecule has 0 bridgehead atoms. The number of hydrogen-bond donors (Lipinski definition) is 1. The highest BCUT2D eigenvalue weighted by atomic mass is 16.4. The minimum Gasteiger partial charge on any atom is -0.477 e. The van der Waals surface area contributed by atoms with Crippen LogP contribution in [-0.2, 0) is 0 Å². The summed E-state index contributed by atoms with van der Waals surface area (Å²) >= 11 is 0. The largest absolute Gasteiger partial charge is 0.477 e. The molecular weight excluding hydrogens is 240 g/mol. The van der Waals surface area contributed by atoms with E-state index in [4.69, 9.17) is 0 Å². The molecule has 19 heavy (non-hydrogen) atoms. The van der Waals surface area contributed by atoms with Crippen LogP contribution in [0.5, 0.6) is 0 Å². The predicted octanol–water partition coefficient (Wildman–Crippen LogP) is 3.01. The maximum Gasteiger partial charge on any atom is 0.352 e. The van der Waals surface area contributed by atoms with Gasteiger partial charge in [0.25, 0.3) is 0 Å². The summed E-state index contributed by atoms with van der Waals surface area (Å²) in [5.41, 5.74) is 3.01. The number of pyridine rings is 1. The first-order valence-corrected chi connectivity index (χ1v) is 5.93. The van der Waals surface area contributed by atoms with Crippen LogP contribution in [0.15, 0.2) is 48.7 Å². The van der Waals surface area contributed by atoms with Crippen LogP contribution in [0.3, 0.4) is 0 Å². The Morgan fingerprint density at radius 2 is 2.00 bits per heavy atom. The Hall–Kier alpha value is -2.62. The lowest BCUT2D eigenvalue weighted by Gasteiger charge is -2.06. The van der Waals surface area contributed by atoms with Crippen molar-refractivity contribution in [3.63, 3.8) is 0 Å². The number of aryl methyl sites for hydroxylation is 1. The van der Waals surface area contributed by atoms with Gasteiger partial charge in [-0.05, 0) is 25.1 Å². The number of nitrogens with zero attached hydrogens (tertiary/aromatic N) is 2. The van der Waals surface area contributed by atoms with Crippen LogP contribution in [0.1, 0.15) is 16.1 Å². The van der Waals surface area contributed by atoms with Gasteiger partial charge in [0, 0.05) is 5.56 Å². The average molecular weight is 252 g/mol. The molecule has 1 aromatic carbocycles. The van der Waals surface area contributed by atoms with Gasteiger partial charge in [-0.3, -0.25) is 4.40 Å². The van der Waals surface area contributed by atoms with Crippen molar-refractivity contribution in [2.45, 2.75) is 6.92 Å². The lowest BCUT2D eigenvalue weighted by molar-refractivity contribution is 0.0689. The van der Waals surface area contributed by atoms with Crippen LogP contribution in [0.4, 0.5) is 0 Å². The van der Waals surface area contributed by atoms with Crippen molar-refractivity contribution in [2.75, 3.05) is 0 Å². The molecule has 0 amide bonds. The van der Waals surface area contributed by atoms with E-state index in [2.05, 4.69) is 4.98 Å². The number of aromatic nitrogens is 2. The van der Waals surface area contributed by atoms with Crippen molar-refractivity contribution in [3.05, 3.63) is 59.9 Å². The molecular formula is C15H12N2O2. The Balaban J connectivity index is 2.33. The van der Waals surface area contributed by atoms with E-state index >= 15 is 0 Å². The van der Waals surface area contributed by atoms with E-state index in [1.165, 1.54) is 0 Å². The van der Waals surface area contributed by atoms with Gasteiger partial charge in [0.15, 0.2) is 0 Å². The van der Waals surface area contributed by atoms with Crippen molar-refractivity contribution in [3.8, 4) is 11.4 Å². The molecule has 1 N–H and O–H groups in total. The number of carboxylic acid groups (broad SMARTS) is 1. The molecule has 4 heteroatoms. The molecule has 0 saturated heterocycles. The fraction of sp³-hybridized carbons (Fsp3) is 0.0667. The summed E-state index contributed by atoms with van der Waals surface area (Å²) in [7, 11) is 0. The molecule has 0 aliphatic rings. The van der Waals surface area contributed by atoms with Gasteiger partial charge in [0.1, 0.15) is 11.5 Å². The highest BCUT2D eigenvalue weighted by Crippen LogP contribution is 2.22. The Kier molecular flexibility index (Phi) is 2.56. The van der Waals surface area contributed by atoms with Crippen LogP contribution in [0.2, 0.25) is 0 Å². The van der Waals surface area contributed by atoms with Crippen LogP contribution in [0.25, 0.3) is 16.9 Å². The van der Waals surface area contributed by atoms with Crippen molar-refractivity contribution in [1.29, 1.82) is 0 Å². The maximum absolute atomic E-state index is 11.3. The highest BCUT2D eigenvalue weighted by Gasteiger charge is 2.13. The monoisotopic (exact) mass is 252 g/mol. The lowest BCUT2D eigenvalue weighted by atomic mass is 10.1. The van der Waals surface area contributed by atoms with E-state index in [0.29, 0.717) is 5.82 Å². The standard InChI is InChI=1S/C15H12N2O2/c1-10-4-2-5-11(8-10)14-16-9-12-6-3-7-13(15(18)19)17(12)14/h2-9H,1H3,(H,18,19). The zero-order valence-electron chi connectivity index (χ0n) is 10.4. The summed E-state index contributed by atoms with van der Waals surface area (Å²) in [5.74, 6) is -0.311. The zero-order chi connectivity index (χ0) is 13.4. The Morgan fingerprint density at radius 3 is 2.74 bits per heavy atom. The fourth-order valence-corrected chi connectivity index (χ4v) is 2.20. The molecule has 0 spiro atoms. The highest BCUT2D eigenvalue weighted by molar-refractivity contribution is 5.87. The molecule has 0 radical (unpaired) electrons. The van der Waals surface area contributed by atoms with Crippen molar-refractivity contribution >= 4 is 11.5 Å². The number of imidazole rings is 1. The molecule has 2 heterocycles. The molecule has 0 aliphatic heterocycles. The molecule has 0 unspecified atom stereocenters. The number of benzene rings is 1. The molecule has 2 aromatic heterocycles. The van der Waals surface area contributed by atoms with Gasteiger partial charge >= 0.3 is 5.97 Å². The summed E-state index contributed by atoms with van der Waals surface area (Å²) < 4.78 is 1.66. The Labute approximate surface area is 110 Å². The zero-order valence-corrected chi connectivity index (χ0v) is 10.4. The lowest BCUT2D eigenvalue weighted by Crippen LogP contribution is -2.05. The summed E-state index contributed by atoms with van der Waals surface area (Å²) in [6.45, 7) is 2.00. The first-order chi connectivity index (χ1) is 9.16. The van der Waals surface area contributed by atoms with Crippen LogP contribution >= 0.6 is 0 Å². The van der Waals surface area contributed by atoms with Gasteiger partial charge in [0.2, 0.25) is 0 Å². The third kappa shape index (κ3) is 1.87. The number of carbonyl (C=O) groups is 1. The van der Waals surface area contributed by atoms with Gasteiger partial charge in [-0.25, -0.2) is 9.78 Å². The fourth-order valence-electron chi connectivity index (χ4n) is 2.20. The number of hydrogen-bond acceptors (Lipinski definition) is 2. The molecule has 0 atom stereocenters. The number of carboxylic acids is 1. The summed E-state index contributed by atoms with van der Waals surface area (Å²) in [5, 5.41) is 9.28. The van der Waals surface area contributed by atoms with E-state index in [0.717, 1.165) is 16.6 Å². The molecule has 3 rings (SSSR count). The Bertz CT molecular complexity index is 775. The van der Waals surface area contributed by atoms with Gasteiger partial charge < -0.3 is 5.11 Å².